The minimum absolute atomic E-state index is 0.0814. The van der Waals surface area contributed by atoms with Gasteiger partial charge in [0.15, 0.2) is 0 Å². The fraction of sp³-hybridized carbons (Fsp3) is 0.240. The van der Waals surface area contributed by atoms with Crippen molar-refractivity contribution in [3.63, 3.8) is 0 Å². The summed E-state index contributed by atoms with van der Waals surface area (Å²) >= 11 is 6.24. The van der Waals surface area contributed by atoms with Gasteiger partial charge in [0.25, 0.3) is 0 Å². The molecule has 1 saturated heterocycles. The number of nitrogens with zero attached hydrogens (tertiary/aromatic N) is 2. The number of hydrogen-bond acceptors (Lipinski definition) is 4. The van der Waals surface area contributed by atoms with Gasteiger partial charge in [-0.25, -0.2) is 0 Å². The van der Waals surface area contributed by atoms with Crippen molar-refractivity contribution in [1.82, 2.24) is 4.90 Å². The van der Waals surface area contributed by atoms with Crippen molar-refractivity contribution in [2.24, 2.45) is 0 Å². The van der Waals surface area contributed by atoms with Crippen LogP contribution in [0.3, 0.4) is 0 Å². The maximum absolute atomic E-state index is 13.4. The molecule has 1 aliphatic rings. The Bertz CT molecular complexity index is 1050. The van der Waals surface area contributed by atoms with E-state index < -0.39 is 6.04 Å². The molecule has 0 bridgehead atoms. The molecule has 2 N–H and O–H groups in total. The van der Waals surface area contributed by atoms with Gasteiger partial charge in [-0.2, -0.15) is 0 Å². The Morgan fingerprint density at radius 2 is 1.65 bits per heavy atom. The SMILES string of the molecule is Cc1ccc(NC(=O)C(c2ccccc2)N2CCN(c3ccccc3O)CC2)cc1Cl. The molecule has 0 aliphatic carbocycles. The lowest BCUT2D eigenvalue weighted by Gasteiger charge is -2.39. The van der Waals surface area contributed by atoms with Crippen LogP contribution in [0, 0.1) is 6.92 Å². The van der Waals surface area contributed by atoms with Crippen molar-refractivity contribution < 1.29 is 9.90 Å². The Morgan fingerprint density at radius 1 is 0.968 bits per heavy atom. The van der Waals surface area contributed by atoms with E-state index in [1.54, 1.807) is 12.1 Å². The Balaban J connectivity index is 1.53. The standard InChI is InChI=1S/C25H26ClN3O2/c1-18-11-12-20(17-21(18)26)27-25(31)24(19-7-3-2-4-8-19)29-15-13-28(14-16-29)22-9-5-6-10-23(22)30/h2-12,17,24,30H,13-16H2,1H3,(H,27,31). The molecule has 0 radical (unpaired) electrons. The molecule has 0 saturated carbocycles. The van der Waals surface area contributed by atoms with Gasteiger partial charge in [0, 0.05) is 36.9 Å². The number of carbonyl (C=O) groups excluding carboxylic acids is 1. The third-order valence-electron chi connectivity index (χ3n) is 5.70. The Hall–Kier alpha value is -3.02. The van der Waals surface area contributed by atoms with E-state index in [2.05, 4.69) is 15.1 Å². The highest BCUT2D eigenvalue weighted by atomic mass is 35.5. The number of aryl methyl sites for hydroxylation is 1. The van der Waals surface area contributed by atoms with Gasteiger partial charge in [0.2, 0.25) is 5.91 Å². The smallest absolute Gasteiger partial charge is 0.246 e. The molecule has 31 heavy (non-hydrogen) atoms. The molecule has 3 aromatic carbocycles. The predicted molar refractivity (Wildman–Crippen MR) is 126 cm³/mol. The second kappa shape index (κ2) is 9.41. The maximum Gasteiger partial charge on any atom is 0.246 e. The average molecular weight is 436 g/mol. The van der Waals surface area contributed by atoms with Crippen molar-refractivity contribution in [2.75, 3.05) is 36.4 Å². The van der Waals surface area contributed by atoms with Gasteiger partial charge >= 0.3 is 0 Å². The first kappa shape index (κ1) is 21.2. The van der Waals surface area contributed by atoms with E-state index in [0.717, 1.165) is 29.9 Å². The summed E-state index contributed by atoms with van der Waals surface area (Å²) in [4.78, 5) is 17.7. The summed E-state index contributed by atoms with van der Waals surface area (Å²) in [6.07, 6.45) is 0. The normalized spacial score (nSPS) is 15.5. The van der Waals surface area contributed by atoms with Crippen molar-refractivity contribution >= 4 is 28.9 Å². The maximum atomic E-state index is 13.4. The molecule has 0 aromatic heterocycles. The monoisotopic (exact) mass is 435 g/mol. The molecule has 5 nitrogen and oxygen atoms in total. The highest BCUT2D eigenvalue weighted by Crippen LogP contribution is 2.30. The summed E-state index contributed by atoms with van der Waals surface area (Å²) in [7, 11) is 0. The number of hydrogen-bond donors (Lipinski definition) is 2. The van der Waals surface area contributed by atoms with E-state index in [1.165, 1.54) is 0 Å². The van der Waals surface area contributed by atoms with Gasteiger partial charge in [-0.1, -0.05) is 60.1 Å². The second-order valence-electron chi connectivity index (χ2n) is 7.78. The van der Waals surface area contributed by atoms with Crippen LogP contribution in [0.25, 0.3) is 0 Å². The number of nitrogens with one attached hydrogen (secondary N) is 1. The third kappa shape index (κ3) is 4.84. The number of benzene rings is 3. The molecule has 1 amide bonds. The Morgan fingerprint density at radius 3 is 2.32 bits per heavy atom. The van der Waals surface area contributed by atoms with Crippen LogP contribution >= 0.6 is 11.6 Å². The van der Waals surface area contributed by atoms with Crippen LogP contribution in [-0.4, -0.2) is 42.1 Å². The predicted octanol–water partition coefficient (Wildman–Crippen LogP) is 4.86. The summed E-state index contributed by atoms with van der Waals surface area (Å²) in [6.45, 7) is 4.80. The zero-order valence-corrected chi connectivity index (χ0v) is 18.2. The molecular weight excluding hydrogens is 410 g/mol. The quantitative estimate of drug-likeness (QED) is 0.601. The highest BCUT2D eigenvalue weighted by Gasteiger charge is 2.31. The van der Waals surface area contributed by atoms with E-state index in [0.29, 0.717) is 23.8 Å². The van der Waals surface area contributed by atoms with E-state index in [9.17, 15) is 9.90 Å². The third-order valence-corrected chi connectivity index (χ3v) is 6.11. The van der Waals surface area contributed by atoms with E-state index in [1.807, 2.05) is 67.6 Å². The van der Waals surface area contributed by atoms with Gasteiger partial charge in [-0.15, -0.1) is 0 Å². The summed E-state index contributed by atoms with van der Waals surface area (Å²) in [5.41, 5.74) is 3.44. The number of phenolic OH excluding ortho intramolecular Hbond substituents is 1. The lowest BCUT2D eigenvalue weighted by molar-refractivity contribution is -0.121. The Kier molecular flexibility index (Phi) is 6.44. The fourth-order valence-corrected chi connectivity index (χ4v) is 4.18. The van der Waals surface area contributed by atoms with E-state index in [4.69, 9.17) is 11.6 Å². The largest absolute Gasteiger partial charge is 0.506 e. The average Bonchev–Trinajstić information content (AvgIpc) is 2.78. The molecule has 0 spiro atoms. The number of rotatable bonds is 5. The number of piperazine rings is 1. The highest BCUT2D eigenvalue weighted by molar-refractivity contribution is 6.31. The van der Waals surface area contributed by atoms with Crippen LogP contribution in [0.2, 0.25) is 5.02 Å². The lowest BCUT2D eigenvalue weighted by Crippen LogP contribution is -2.50. The molecule has 4 rings (SSSR count). The van der Waals surface area contributed by atoms with Crippen molar-refractivity contribution in [3.8, 4) is 5.75 Å². The summed E-state index contributed by atoms with van der Waals surface area (Å²) in [5, 5.41) is 13.8. The fourth-order valence-electron chi connectivity index (χ4n) is 4.00. The minimum Gasteiger partial charge on any atom is -0.506 e. The second-order valence-corrected chi connectivity index (χ2v) is 8.19. The van der Waals surface area contributed by atoms with Gasteiger partial charge in [0.1, 0.15) is 11.8 Å². The zero-order valence-electron chi connectivity index (χ0n) is 17.5. The number of carbonyl (C=O) groups is 1. The first-order chi connectivity index (χ1) is 15.0. The number of para-hydroxylation sites is 2. The molecule has 3 aromatic rings. The number of aromatic hydroxyl groups is 1. The molecule has 1 fully saturated rings. The summed E-state index contributed by atoms with van der Waals surface area (Å²) in [6, 6.07) is 22.4. The first-order valence-electron chi connectivity index (χ1n) is 10.4. The van der Waals surface area contributed by atoms with Crippen molar-refractivity contribution in [2.45, 2.75) is 13.0 Å². The van der Waals surface area contributed by atoms with Crippen LogP contribution in [0.15, 0.2) is 72.8 Å². The van der Waals surface area contributed by atoms with Gasteiger partial charge in [-0.05, 0) is 42.3 Å². The number of amides is 1. The van der Waals surface area contributed by atoms with Crippen molar-refractivity contribution in [1.29, 1.82) is 0 Å². The number of halogens is 1. The molecule has 6 heteroatoms. The number of anilines is 2. The molecule has 1 aliphatic heterocycles. The Labute approximate surface area is 187 Å². The molecule has 1 heterocycles. The van der Waals surface area contributed by atoms with Crippen LogP contribution in [-0.2, 0) is 4.79 Å². The number of phenols is 1. The molecule has 1 unspecified atom stereocenters. The van der Waals surface area contributed by atoms with E-state index >= 15 is 0 Å². The zero-order chi connectivity index (χ0) is 21.8. The summed E-state index contributed by atoms with van der Waals surface area (Å²) in [5.74, 6) is 0.201. The summed E-state index contributed by atoms with van der Waals surface area (Å²) < 4.78 is 0. The first-order valence-corrected chi connectivity index (χ1v) is 10.8. The van der Waals surface area contributed by atoms with Crippen LogP contribution < -0.4 is 10.2 Å². The van der Waals surface area contributed by atoms with Gasteiger partial charge < -0.3 is 15.3 Å². The molecular formula is C25H26ClN3O2. The van der Waals surface area contributed by atoms with Gasteiger partial charge in [-0.3, -0.25) is 9.69 Å². The van der Waals surface area contributed by atoms with Crippen LogP contribution in [0.1, 0.15) is 17.2 Å². The van der Waals surface area contributed by atoms with E-state index in [-0.39, 0.29) is 11.7 Å². The van der Waals surface area contributed by atoms with Gasteiger partial charge in [0.05, 0.1) is 5.69 Å². The van der Waals surface area contributed by atoms with Crippen molar-refractivity contribution in [3.05, 3.63) is 88.9 Å². The molecule has 1 atom stereocenters. The minimum atomic E-state index is -0.409. The molecule has 160 valence electrons. The van der Waals surface area contributed by atoms with Crippen LogP contribution in [0.5, 0.6) is 5.75 Å². The topological polar surface area (TPSA) is 55.8 Å². The lowest BCUT2D eigenvalue weighted by atomic mass is 10.0. The van der Waals surface area contributed by atoms with Crippen LogP contribution in [0.4, 0.5) is 11.4 Å².